The number of rotatable bonds is 2. The van der Waals surface area contributed by atoms with Crippen molar-refractivity contribution in [1.82, 2.24) is 0 Å². The minimum atomic E-state index is -0.252. The van der Waals surface area contributed by atoms with E-state index in [4.69, 9.17) is 4.74 Å². The fourth-order valence-corrected chi connectivity index (χ4v) is 6.97. The van der Waals surface area contributed by atoms with Gasteiger partial charge in [0, 0.05) is 0 Å². The van der Waals surface area contributed by atoms with Crippen molar-refractivity contribution in [2.45, 2.75) is 85.5 Å². The van der Waals surface area contributed by atoms with E-state index in [-0.39, 0.29) is 11.4 Å². The zero-order chi connectivity index (χ0) is 16.9. The number of hydrogen-bond donors (Lipinski definition) is 0. The molecule has 0 heterocycles. The molecule has 0 N–H and O–H groups in total. The highest BCUT2D eigenvalue weighted by Gasteiger charge is 2.60. The molecule has 0 amide bonds. The van der Waals surface area contributed by atoms with Gasteiger partial charge in [0.15, 0.2) is 0 Å². The van der Waals surface area contributed by atoms with Gasteiger partial charge in [0.1, 0.15) is 0 Å². The van der Waals surface area contributed by atoms with Crippen LogP contribution < -0.4 is 0 Å². The highest BCUT2D eigenvalue weighted by molar-refractivity contribution is 5.77. The maximum absolute atomic E-state index is 12.6. The lowest BCUT2D eigenvalue weighted by molar-refractivity contribution is -0.177. The van der Waals surface area contributed by atoms with Gasteiger partial charge in [0.05, 0.1) is 12.5 Å². The van der Waals surface area contributed by atoms with Crippen molar-refractivity contribution < 1.29 is 9.53 Å². The summed E-state index contributed by atoms with van der Waals surface area (Å²) in [6, 6.07) is 0. The monoisotopic (exact) mass is 320 g/mol. The van der Waals surface area contributed by atoms with Crippen LogP contribution in [0.2, 0.25) is 0 Å². The molecule has 3 fully saturated rings. The van der Waals surface area contributed by atoms with Crippen molar-refractivity contribution in [3.05, 3.63) is 0 Å². The molecule has 3 aliphatic carbocycles. The quantitative estimate of drug-likeness (QED) is 0.619. The average Bonchev–Trinajstić information content (AvgIpc) is 2.53. The highest BCUT2D eigenvalue weighted by Crippen LogP contribution is 2.65. The zero-order valence-corrected chi connectivity index (χ0v) is 15.9. The Balaban J connectivity index is 1.88. The third-order valence-corrected chi connectivity index (χ3v) is 8.54. The minimum absolute atomic E-state index is 0.0427. The molecular weight excluding hydrogens is 284 g/mol. The van der Waals surface area contributed by atoms with Gasteiger partial charge in [0.2, 0.25) is 0 Å². The first-order chi connectivity index (χ1) is 10.8. The van der Waals surface area contributed by atoms with E-state index in [0.29, 0.717) is 16.7 Å². The van der Waals surface area contributed by atoms with E-state index in [9.17, 15) is 4.79 Å². The Morgan fingerprint density at radius 2 is 1.83 bits per heavy atom. The normalized spacial score (nSPS) is 49.9. The summed E-state index contributed by atoms with van der Waals surface area (Å²) in [5, 5.41) is 0. The first-order valence-corrected chi connectivity index (χ1v) is 9.87. The molecule has 132 valence electrons. The van der Waals surface area contributed by atoms with Crippen LogP contribution in [0.4, 0.5) is 0 Å². The highest BCUT2D eigenvalue weighted by atomic mass is 16.5. The number of hydrogen-bond acceptors (Lipinski definition) is 2. The summed E-state index contributed by atoms with van der Waals surface area (Å²) in [6.07, 6.45) is 11.5. The third kappa shape index (κ3) is 2.55. The van der Waals surface area contributed by atoms with Crippen molar-refractivity contribution in [2.24, 2.45) is 34.0 Å². The lowest BCUT2D eigenvalue weighted by Gasteiger charge is -2.61. The van der Waals surface area contributed by atoms with Gasteiger partial charge >= 0.3 is 5.97 Å². The standard InChI is InChI=1S/C21H36O2/c1-6-19(2)13-10-16-15(14-19)8-9-17-20(16,3)11-7-12-21(17,4)18(22)23-5/h15-17H,6-14H2,1-5H3/t15-,16-,17+,19-,20-,21-/m0/s1. The molecule has 2 nitrogen and oxygen atoms in total. The number of ether oxygens (including phenoxy) is 1. The van der Waals surface area contributed by atoms with E-state index >= 15 is 0 Å². The third-order valence-electron chi connectivity index (χ3n) is 8.54. The van der Waals surface area contributed by atoms with E-state index in [1.165, 1.54) is 51.4 Å². The summed E-state index contributed by atoms with van der Waals surface area (Å²) in [7, 11) is 1.57. The van der Waals surface area contributed by atoms with E-state index in [2.05, 4.69) is 27.7 Å². The molecule has 0 saturated heterocycles. The van der Waals surface area contributed by atoms with E-state index in [1.807, 2.05) is 0 Å². The molecule has 2 heteroatoms. The molecule has 0 bridgehead atoms. The van der Waals surface area contributed by atoms with Crippen LogP contribution in [0.15, 0.2) is 0 Å². The van der Waals surface area contributed by atoms with Gasteiger partial charge in [-0.05, 0) is 80.5 Å². The van der Waals surface area contributed by atoms with Crippen LogP contribution in [0.3, 0.4) is 0 Å². The van der Waals surface area contributed by atoms with Gasteiger partial charge in [-0.3, -0.25) is 4.79 Å². The summed E-state index contributed by atoms with van der Waals surface area (Å²) in [6.45, 7) is 9.57. The summed E-state index contributed by atoms with van der Waals surface area (Å²) >= 11 is 0. The summed E-state index contributed by atoms with van der Waals surface area (Å²) in [5.41, 5.74) is 0.655. The van der Waals surface area contributed by atoms with Crippen LogP contribution >= 0.6 is 0 Å². The average molecular weight is 321 g/mol. The Morgan fingerprint density at radius 1 is 1.09 bits per heavy atom. The second-order valence-electron chi connectivity index (χ2n) is 9.67. The Labute approximate surface area is 142 Å². The summed E-state index contributed by atoms with van der Waals surface area (Å²) < 4.78 is 5.23. The lowest BCUT2D eigenvalue weighted by atomic mass is 9.43. The molecule has 0 aliphatic heterocycles. The van der Waals surface area contributed by atoms with Gasteiger partial charge in [-0.1, -0.05) is 33.6 Å². The van der Waals surface area contributed by atoms with Crippen LogP contribution in [-0.2, 0) is 9.53 Å². The van der Waals surface area contributed by atoms with E-state index < -0.39 is 0 Å². The zero-order valence-electron chi connectivity index (χ0n) is 15.9. The van der Waals surface area contributed by atoms with E-state index in [1.54, 1.807) is 7.11 Å². The van der Waals surface area contributed by atoms with Crippen molar-refractivity contribution in [2.75, 3.05) is 7.11 Å². The van der Waals surface area contributed by atoms with Crippen molar-refractivity contribution in [3.8, 4) is 0 Å². The maximum atomic E-state index is 12.6. The Bertz CT molecular complexity index is 472. The van der Waals surface area contributed by atoms with Gasteiger partial charge in [0.25, 0.3) is 0 Å². The molecule has 0 radical (unpaired) electrons. The summed E-state index contributed by atoms with van der Waals surface area (Å²) in [4.78, 5) is 12.6. The topological polar surface area (TPSA) is 26.3 Å². The summed E-state index contributed by atoms with van der Waals surface area (Å²) in [5.74, 6) is 2.27. The minimum Gasteiger partial charge on any atom is -0.469 e. The van der Waals surface area contributed by atoms with Gasteiger partial charge < -0.3 is 4.74 Å². The number of fused-ring (bicyclic) bond motifs is 3. The SMILES string of the molecule is CC[C@@]1(C)CC[C@H]2[C@@H](CC[C@@H]3[C@@]2(C)CCC[C@]3(C)C(=O)OC)C1. The smallest absolute Gasteiger partial charge is 0.311 e. The largest absolute Gasteiger partial charge is 0.469 e. The number of esters is 1. The van der Waals surface area contributed by atoms with Crippen molar-refractivity contribution in [3.63, 3.8) is 0 Å². The molecule has 3 rings (SSSR count). The number of carbonyl (C=O) groups is 1. The molecule has 0 unspecified atom stereocenters. The Kier molecular flexibility index (Phi) is 4.34. The molecule has 3 saturated carbocycles. The molecule has 23 heavy (non-hydrogen) atoms. The van der Waals surface area contributed by atoms with Crippen LogP contribution in [0.5, 0.6) is 0 Å². The molecule has 3 aliphatic rings. The Hall–Kier alpha value is -0.530. The molecular formula is C21H36O2. The molecule has 0 aromatic carbocycles. The second kappa shape index (κ2) is 5.77. The van der Waals surface area contributed by atoms with Crippen molar-refractivity contribution >= 4 is 5.97 Å². The van der Waals surface area contributed by atoms with Gasteiger partial charge in [-0.15, -0.1) is 0 Å². The van der Waals surface area contributed by atoms with E-state index in [0.717, 1.165) is 18.3 Å². The molecule has 0 aromatic heterocycles. The first kappa shape index (κ1) is 17.3. The second-order valence-corrected chi connectivity index (χ2v) is 9.67. The molecule has 6 atom stereocenters. The van der Waals surface area contributed by atoms with Crippen LogP contribution in [0.25, 0.3) is 0 Å². The maximum Gasteiger partial charge on any atom is 0.311 e. The van der Waals surface area contributed by atoms with Crippen LogP contribution in [0, 0.1) is 34.0 Å². The predicted octanol–water partition coefficient (Wildman–Crippen LogP) is 5.60. The number of carbonyl (C=O) groups excluding carboxylic acids is 1. The predicted molar refractivity (Wildman–Crippen MR) is 94.0 cm³/mol. The number of methoxy groups -OCH3 is 1. The fourth-order valence-electron chi connectivity index (χ4n) is 6.97. The molecule has 0 aromatic rings. The van der Waals surface area contributed by atoms with Crippen molar-refractivity contribution in [1.29, 1.82) is 0 Å². The lowest BCUT2D eigenvalue weighted by Crippen LogP contribution is -2.56. The first-order valence-electron chi connectivity index (χ1n) is 9.87. The van der Waals surface area contributed by atoms with Crippen LogP contribution in [0.1, 0.15) is 85.5 Å². The molecule has 0 spiro atoms. The van der Waals surface area contributed by atoms with Crippen LogP contribution in [-0.4, -0.2) is 13.1 Å². The Morgan fingerprint density at radius 3 is 2.48 bits per heavy atom. The van der Waals surface area contributed by atoms with Gasteiger partial charge in [-0.25, -0.2) is 0 Å². The fraction of sp³-hybridized carbons (Fsp3) is 0.952. The van der Waals surface area contributed by atoms with Gasteiger partial charge in [-0.2, -0.15) is 0 Å².